The fraction of sp³-hybridized carbons (Fsp3) is 0.143. The van der Waals surface area contributed by atoms with Gasteiger partial charge in [-0.1, -0.05) is 42.5 Å². The van der Waals surface area contributed by atoms with Crippen LogP contribution in [0.4, 0.5) is 18.0 Å². The molecule has 0 fully saturated rings. The van der Waals surface area contributed by atoms with Gasteiger partial charge in [-0.25, -0.2) is 4.79 Å². The number of hydrogen-bond donors (Lipinski definition) is 1. The number of amides is 1. The molecule has 29 heavy (non-hydrogen) atoms. The number of rotatable bonds is 5. The number of nitrogens with zero attached hydrogens (tertiary/aromatic N) is 1. The van der Waals surface area contributed by atoms with E-state index in [1.807, 2.05) is 30.3 Å². The van der Waals surface area contributed by atoms with Crippen molar-refractivity contribution in [2.45, 2.75) is 18.8 Å². The lowest BCUT2D eigenvalue weighted by atomic mass is 10.0. The summed E-state index contributed by atoms with van der Waals surface area (Å²) in [6, 6.07) is 16.3. The van der Waals surface area contributed by atoms with Gasteiger partial charge in [-0.2, -0.15) is 13.2 Å². The molecule has 0 radical (unpaired) electrons. The Bertz CT molecular complexity index is 964. The molecule has 3 rings (SSSR count). The molecule has 1 amide bonds. The fourth-order valence-corrected chi connectivity index (χ4v) is 3.15. The van der Waals surface area contributed by atoms with Gasteiger partial charge >= 0.3 is 12.3 Å². The highest BCUT2D eigenvalue weighted by Crippen LogP contribution is 2.32. The van der Waals surface area contributed by atoms with Crippen LogP contribution in [-0.4, -0.2) is 11.1 Å². The Morgan fingerprint density at radius 3 is 2.34 bits per heavy atom. The third-order valence-corrected chi connectivity index (χ3v) is 4.78. The van der Waals surface area contributed by atoms with E-state index in [2.05, 4.69) is 26.2 Å². The zero-order valence-electron chi connectivity index (χ0n) is 15.0. The summed E-state index contributed by atoms with van der Waals surface area (Å²) in [6.45, 7) is 0.0653. The second kappa shape index (κ2) is 9.09. The van der Waals surface area contributed by atoms with Crippen molar-refractivity contribution in [1.82, 2.24) is 10.3 Å². The van der Waals surface area contributed by atoms with Crippen LogP contribution in [0.2, 0.25) is 0 Å². The van der Waals surface area contributed by atoms with Gasteiger partial charge in [0.2, 0.25) is 0 Å². The van der Waals surface area contributed by atoms with Crippen molar-refractivity contribution in [3.8, 4) is 0 Å². The smallest absolute Gasteiger partial charge is 0.416 e. The molecular weight excluding hydrogens is 449 g/mol. The van der Waals surface area contributed by atoms with Crippen molar-refractivity contribution < 1.29 is 22.7 Å². The first-order valence-corrected chi connectivity index (χ1v) is 9.38. The molecule has 1 unspecified atom stereocenters. The second-order valence-corrected chi connectivity index (χ2v) is 6.98. The zero-order chi connectivity index (χ0) is 20.9. The summed E-state index contributed by atoms with van der Waals surface area (Å²) in [5.74, 6) is 0. The van der Waals surface area contributed by atoms with E-state index in [4.69, 9.17) is 4.74 Å². The van der Waals surface area contributed by atoms with Crippen LogP contribution in [0.15, 0.2) is 77.4 Å². The predicted molar refractivity (Wildman–Crippen MR) is 105 cm³/mol. The highest BCUT2D eigenvalue weighted by atomic mass is 79.9. The van der Waals surface area contributed by atoms with Crippen LogP contribution in [-0.2, 0) is 17.5 Å². The number of pyridine rings is 1. The lowest BCUT2D eigenvalue weighted by molar-refractivity contribution is -0.137. The molecule has 2 aromatic carbocycles. The number of carbonyl (C=O) groups excluding carboxylic acids is 1. The quantitative estimate of drug-likeness (QED) is 0.512. The Morgan fingerprint density at radius 1 is 1.03 bits per heavy atom. The van der Waals surface area contributed by atoms with E-state index >= 15 is 0 Å². The van der Waals surface area contributed by atoms with Crippen LogP contribution in [0.1, 0.15) is 28.4 Å². The topological polar surface area (TPSA) is 51.2 Å². The van der Waals surface area contributed by atoms with Gasteiger partial charge in [-0.15, -0.1) is 0 Å². The van der Waals surface area contributed by atoms with Crippen LogP contribution in [0.3, 0.4) is 0 Å². The number of aromatic nitrogens is 1. The number of alkyl halides is 3. The highest BCUT2D eigenvalue weighted by molar-refractivity contribution is 9.10. The molecule has 1 heterocycles. The summed E-state index contributed by atoms with van der Waals surface area (Å²) >= 11 is 3.37. The molecule has 150 valence electrons. The first-order chi connectivity index (χ1) is 13.8. The number of nitrogens with one attached hydrogen (secondary N) is 1. The van der Waals surface area contributed by atoms with E-state index < -0.39 is 23.9 Å². The lowest BCUT2D eigenvalue weighted by Crippen LogP contribution is -2.30. The molecule has 4 nitrogen and oxygen atoms in total. The van der Waals surface area contributed by atoms with Crippen molar-refractivity contribution in [1.29, 1.82) is 0 Å². The third-order valence-electron chi connectivity index (χ3n) is 4.11. The Labute approximate surface area is 173 Å². The molecular formula is C21H16BrF3N2O2. The summed E-state index contributed by atoms with van der Waals surface area (Å²) < 4.78 is 44.5. The summed E-state index contributed by atoms with van der Waals surface area (Å²) in [4.78, 5) is 16.6. The standard InChI is InChI=1S/C21H16BrF3N2O2/c22-17-7-4-12-26-19(17)18(15-8-10-16(11-9-15)21(23,24)25)27-20(28)29-13-14-5-2-1-3-6-14/h1-12,18H,13H2,(H,27,28). The van der Waals surface area contributed by atoms with Crippen molar-refractivity contribution in [3.05, 3.63) is 99.8 Å². The van der Waals surface area contributed by atoms with Crippen LogP contribution >= 0.6 is 15.9 Å². The summed E-state index contributed by atoms with van der Waals surface area (Å²) in [5, 5.41) is 2.68. The van der Waals surface area contributed by atoms with Gasteiger partial charge in [0, 0.05) is 10.7 Å². The minimum Gasteiger partial charge on any atom is -0.445 e. The Balaban J connectivity index is 1.82. The van der Waals surface area contributed by atoms with Crippen LogP contribution < -0.4 is 5.32 Å². The number of ether oxygens (including phenoxy) is 1. The lowest BCUT2D eigenvalue weighted by Gasteiger charge is -2.20. The minimum absolute atomic E-state index is 0.0653. The number of benzene rings is 2. The molecule has 1 N–H and O–H groups in total. The predicted octanol–water partition coefficient (Wildman–Crippen LogP) is 5.88. The van der Waals surface area contributed by atoms with Gasteiger partial charge in [-0.3, -0.25) is 4.98 Å². The summed E-state index contributed by atoms with van der Waals surface area (Å²) in [6.07, 6.45) is -3.62. The fourth-order valence-electron chi connectivity index (χ4n) is 2.67. The molecule has 1 atom stereocenters. The Kier molecular flexibility index (Phi) is 6.53. The average molecular weight is 465 g/mol. The molecule has 3 aromatic rings. The SMILES string of the molecule is O=C(NC(c1ccc(C(F)(F)F)cc1)c1ncccc1Br)OCc1ccccc1. The van der Waals surface area contributed by atoms with Gasteiger partial charge in [0.1, 0.15) is 12.6 Å². The van der Waals surface area contributed by atoms with E-state index in [9.17, 15) is 18.0 Å². The number of hydrogen-bond acceptors (Lipinski definition) is 3. The van der Waals surface area contributed by atoms with Gasteiger partial charge in [-0.05, 0) is 51.3 Å². The minimum atomic E-state index is -4.44. The third kappa shape index (κ3) is 5.57. The van der Waals surface area contributed by atoms with Crippen molar-refractivity contribution in [2.75, 3.05) is 0 Å². The molecule has 0 bridgehead atoms. The first kappa shape index (κ1) is 20.9. The maximum Gasteiger partial charge on any atom is 0.416 e. The first-order valence-electron chi connectivity index (χ1n) is 8.59. The largest absolute Gasteiger partial charge is 0.445 e. The number of carbonyl (C=O) groups is 1. The zero-order valence-corrected chi connectivity index (χ0v) is 16.6. The number of halogens is 4. The Morgan fingerprint density at radius 2 is 1.72 bits per heavy atom. The molecule has 0 saturated carbocycles. The Hall–Kier alpha value is -2.87. The average Bonchev–Trinajstić information content (AvgIpc) is 2.71. The van der Waals surface area contributed by atoms with E-state index in [1.165, 1.54) is 18.3 Å². The van der Waals surface area contributed by atoms with Crippen LogP contribution in [0.5, 0.6) is 0 Å². The maximum absolute atomic E-state index is 12.9. The molecule has 8 heteroatoms. The molecule has 1 aromatic heterocycles. The number of alkyl carbamates (subject to hydrolysis) is 1. The van der Waals surface area contributed by atoms with Crippen LogP contribution in [0.25, 0.3) is 0 Å². The van der Waals surface area contributed by atoms with E-state index in [1.54, 1.807) is 12.1 Å². The summed E-state index contributed by atoms with van der Waals surface area (Å²) in [5.41, 5.74) is 0.928. The van der Waals surface area contributed by atoms with Crippen LogP contribution in [0, 0.1) is 0 Å². The van der Waals surface area contributed by atoms with E-state index in [0.29, 0.717) is 15.7 Å². The molecule has 0 aliphatic rings. The van der Waals surface area contributed by atoms with Gasteiger partial charge in [0.25, 0.3) is 0 Å². The van der Waals surface area contributed by atoms with Gasteiger partial charge in [0.15, 0.2) is 0 Å². The second-order valence-electron chi connectivity index (χ2n) is 6.13. The van der Waals surface area contributed by atoms with Crippen molar-refractivity contribution >= 4 is 22.0 Å². The molecule has 0 aliphatic carbocycles. The molecule has 0 spiro atoms. The highest BCUT2D eigenvalue weighted by Gasteiger charge is 2.31. The summed E-state index contributed by atoms with van der Waals surface area (Å²) in [7, 11) is 0. The van der Waals surface area contributed by atoms with Gasteiger partial charge < -0.3 is 10.1 Å². The molecule has 0 saturated heterocycles. The van der Waals surface area contributed by atoms with E-state index in [-0.39, 0.29) is 6.61 Å². The normalized spacial score (nSPS) is 12.3. The van der Waals surface area contributed by atoms with E-state index in [0.717, 1.165) is 17.7 Å². The monoisotopic (exact) mass is 464 g/mol. The van der Waals surface area contributed by atoms with Crippen molar-refractivity contribution in [2.24, 2.45) is 0 Å². The van der Waals surface area contributed by atoms with Crippen molar-refractivity contribution in [3.63, 3.8) is 0 Å². The maximum atomic E-state index is 12.9. The van der Waals surface area contributed by atoms with Gasteiger partial charge in [0.05, 0.1) is 11.3 Å². The molecule has 0 aliphatic heterocycles.